The zero-order valence-corrected chi connectivity index (χ0v) is 17.1. The van der Waals surface area contributed by atoms with Crippen LogP contribution in [0.1, 0.15) is 6.92 Å². The van der Waals surface area contributed by atoms with Crippen molar-refractivity contribution in [2.75, 3.05) is 37.7 Å². The van der Waals surface area contributed by atoms with Gasteiger partial charge in [0, 0.05) is 5.56 Å². The molecule has 0 radical (unpaired) electrons. The number of nitrogens with zero attached hydrogens (tertiary/aromatic N) is 3. The molecule has 0 aliphatic carbocycles. The second-order valence-electron chi connectivity index (χ2n) is 6.98. The molecule has 3 aromatic rings. The fourth-order valence-electron chi connectivity index (χ4n) is 3.55. The fourth-order valence-corrected chi connectivity index (χ4v) is 3.73. The monoisotopic (exact) mass is 415 g/mol. The van der Waals surface area contributed by atoms with Crippen LogP contribution in [0.25, 0.3) is 11.5 Å². The minimum Gasteiger partial charge on any atom is -0.492 e. The van der Waals surface area contributed by atoms with Gasteiger partial charge in [0.25, 0.3) is 4.84 Å². The standard InChI is InChI=1S/C21H23FN4O2S/c1-2-27-19-6-4-3-5-18(19)25-13-11-24(12-14-25)15-26-21(29)28-20(23-26)16-7-9-17(22)10-8-16/h3-10H,2,11-15H2,1H3/p+1. The fraction of sp³-hybridized carbons (Fsp3) is 0.333. The molecule has 0 saturated carbocycles. The Balaban J connectivity index is 1.40. The number of para-hydroxylation sites is 2. The third-order valence-electron chi connectivity index (χ3n) is 5.05. The number of ether oxygens (including phenoxy) is 1. The lowest BCUT2D eigenvalue weighted by Gasteiger charge is -2.34. The predicted octanol–water partition coefficient (Wildman–Crippen LogP) is 2.77. The second kappa shape index (κ2) is 8.75. The van der Waals surface area contributed by atoms with E-state index in [1.807, 2.05) is 25.1 Å². The highest BCUT2D eigenvalue weighted by atomic mass is 32.1. The normalized spacial score (nSPS) is 14.9. The van der Waals surface area contributed by atoms with E-state index in [9.17, 15) is 4.39 Å². The van der Waals surface area contributed by atoms with Gasteiger partial charge in [-0.3, -0.25) is 0 Å². The van der Waals surface area contributed by atoms with Crippen LogP contribution in [0.2, 0.25) is 0 Å². The Hall–Kier alpha value is -2.71. The SMILES string of the molecule is CCOc1ccccc1N1CC[NH+](Cn2nc(-c3ccc(F)cc3)oc2=S)CC1. The molecule has 152 valence electrons. The van der Waals surface area contributed by atoms with Gasteiger partial charge in [-0.05, 0) is 55.5 Å². The Morgan fingerprint density at radius 2 is 1.86 bits per heavy atom. The Labute approximate surface area is 174 Å². The first kappa shape index (κ1) is 19.6. The molecule has 1 aliphatic rings. The van der Waals surface area contributed by atoms with Crippen molar-refractivity contribution >= 4 is 17.9 Å². The molecule has 1 aliphatic heterocycles. The first-order valence-electron chi connectivity index (χ1n) is 9.78. The maximum atomic E-state index is 13.1. The van der Waals surface area contributed by atoms with Crippen molar-refractivity contribution in [3.8, 4) is 17.2 Å². The van der Waals surface area contributed by atoms with Crippen LogP contribution in [-0.2, 0) is 6.67 Å². The summed E-state index contributed by atoms with van der Waals surface area (Å²) in [5, 5.41) is 4.49. The number of piperazine rings is 1. The first-order chi connectivity index (χ1) is 14.1. The summed E-state index contributed by atoms with van der Waals surface area (Å²) in [5.41, 5.74) is 1.86. The smallest absolute Gasteiger partial charge is 0.292 e. The first-order valence-corrected chi connectivity index (χ1v) is 10.2. The molecule has 1 N–H and O–H groups in total. The summed E-state index contributed by atoms with van der Waals surface area (Å²) >= 11 is 5.33. The minimum absolute atomic E-state index is 0.292. The number of nitrogens with one attached hydrogen (secondary N) is 1. The summed E-state index contributed by atoms with van der Waals surface area (Å²) in [7, 11) is 0. The Bertz CT molecular complexity index is 1010. The third kappa shape index (κ3) is 4.49. The van der Waals surface area contributed by atoms with Crippen LogP contribution >= 0.6 is 12.2 Å². The van der Waals surface area contributed by atoms with E-state index in [1.165, 1.54) is 17.0 Å². The molecule has 0 atom stereocenters. The average molecular weight is 416 g/mol. The molecule has 1 aromatic heterocycles. The van der Waals surface area contributed by atoms with E-state index < -0.39 is 0 Å². The van der Waals surface area contributed by atoms with Gasteiger partial charge in [-0.25, -0.2) is 4.39 Å². The molecule has 29 heavy (non-hydrogen) atoms. The van der Waals surface area contributed by atoms with Crippen LogP contribution in [0.3, 0.4) is 0 Å². The van der Waals surface area contributed by atoms with Crippen molar-refractivity contribution in [1.82, 2.24) is 9.78 Å². The molecule has 1 saturated heterocycles. The van der Waals surface area contributed by atoms with Crippen LogP contribution in [0.5, 0.6) is 5.75 Å². The van der Waals surface area contributed by atoms with Crippen molar-refractivity contribution in [3.63, 3.8) is 0 Å². The van der Waals surface area contributed by atoms with Crippen LogP contribution in [0.4, 0.5) is 10.1 Å². The summed E-state index contributed by atoms with van der Waals surface area (Å²) in [6, 6.07) is 14.2. The molecule has 2 aromatic carbocycles. The van der Waals surface area contributed by atoms with Gasteiger partial charge in [0.05, 0.1) is 38.5 Å². The van der Waals surface area contributed by atoms with Crippen molar-refractivity contribution in [2.24, 2.45) is 0 Å². The van der Waals surface area contributed by atoms with E-state index in [2.05, 4.69) is 16.1 Å². The average Bonchev–Trinajstić information content (AvgIpc) is 3.10. The summed E-state index contributed by atoms with van der Waals surface area (Å²) in [5.74, 6) is 1.06. The number of halogens is 1. The summed E-state index contributed by atoms with van der Waals surface area (Å²) < 4.78 is 26.2. The molecule has 6 nitrogen and oxygen atoms in total. The lowest BCUT2D eigenvalue weighted by Crippen LogP contribution is -3.14. The molecule has 0 unspecified atom stereocenters. The van der Waals surface area contributed by atoms with Crippen LogP contribution in [-0.4, -0.2) is 42.6 Å². The number of rotatable bonds is 6. The molecule has 4 rings (SSSR count). The number of hydrogen-bond donors (Lipinski definition) is 1. The zero-order chi connectivity index (χ0) is 20.2. The maximum absolute atomic E-state index is 13.1. The van der Waals surface area contributed by atoms with Gasteiger partial charge < -0.3 is 19.0 Å². The lowest BCUT2D eigenvalue weighted by molar-refractivity contribution is -0.924. The minimum atomic E-state index is -0.292. The number of hydrogen-bond acceptors (Lipinski definition) is 5. The molecule has 2 heterocycles. The van der Waals surface area contributed by atoms with Gasteiger partial charge in [0.2, 0.25) is 5.89 Å². The van der Waals surface area contributed by atoms with Crippen molar-refractivity contribution < 1.29 is 18.4 Å². The van der Waals surface area contributed by atoms with Gasteiger partial charge in [0.1, 0.15) is 11.6 Å². The summed E-state index contributed by atoms with van der Waals surface area (Å²) in [4.78, 5) is 4.08. The van der Waals surface area contributed by atoms with E-state index in [1.54, 1.807) is 16.8 Å². The zero-order valence-electron chi connectivity index (χ0n) is 16.3. The van der Waals surface area contributed by atoms with Crippen molar-refractivity contribution in [3.05, 3.63) is 59.2 Å². The van der Waals surface area contributed by atoms with Crippen LogP contribution in [0.15, 0.2) is 52.9 Å². The highest BCUT2D eigenvalue weighted by molar-refractivity contribution is 7.71. The topological polar surface area (TPSA) is 47.9 Å². The third-order valence-corrected chi connectivity index (χ3v) is 5.34. The molecule has 0 spiro atoms. The van der Waals surface area contributed by atoms with E-state index >= 15 is 0 Å². The number of quaternary nitrogens is 1. The molecule has 8 heteroatoms. The van der Waals surface area contributed by atoms with E-state index in [0.29, 0.717) is 29.6 Å². The highest BCUT2D eigenvalue weighted by Gasteiger charge is 2.23. The largest absolute Gasteiger partial charge is 0.492 e. The number of benzene rings is 2. The Morgan fingerprint density at radius 1 is 1.14 bits per heavy atom. The quantitative estimate of drug-likeness (QED) is 0.628. The predicted molar refractivity (Wildman–Crippen MR) is 111 cm³/mol. The molecular formula is C21H24FN4O2S+. The van der Waals surface area contributed by atoms with E-state index in [-0.39, 0.29) is 5.82 Å². The summed E-state index contributed by atoms with van der Waals surface area (Å²) in [6.07, 6.45) is 0. The Morgan fingerprint density at radius 3 is 2.59 bits per heavy atom. The molecular weight excluding hydrogens is 391 g/mol. The van der Waals surface area contributed by atoms with Crippen LogP contribution in [0, 0.1) is 10.7 Å². The van der Waals surface area contributed by atoms with Crippen LogP contribution < -0.4 is 14.5 Å². The second-order valence-corrected chi connectivity index (χ2v) is 7.32. The maximum Gasteiger partial charge on any atom is 0.292 e. The van der Waals surface area contributed by atoms with Crippen molar-refractivity contribution in [2.45, 2.75) is 13.6 Å². The highest BCUT2D eigenvalue weighted by Crippen LogP contribution is 2.27. The van der Waals surface area contributed by atoms with Gasteiger partial charge in [-0.1, -0.05) is 12.1 Å². The van der Waals surface area contributed by atoms with Gasteiger partial charge >= 0.3 is 0 Å². The van der Waals surface area contributed by atoms with E-state index in [4.69, 9.17) is 21.4 Å². The molecule has 1 fully saturated rings. The Kier molecular flexibility index (Phi) is 5.92. The van der Waals surface area contributed by atoms with Gasteiger partial charge in [-0.2, -0.15) is 4.68 Å². The van der Waals surface area contributed by atoms with Crippen molar-refractivity contribution in [1.29, 1.82) is 0 Å². The molecule has 0 amide bonds. The van der Waals surface area contributed by atoms with Gasteiger partial charge in [-0.15, -0.1) is 5.10 Å². The summed E-state index contributed by atoms with van der Waals surface area (Å²) in [6.45, 7) is 7.07. The number of anilines is 1. The van der Waals surface area contributed by atoms with E-state index in [0.717, 1.165) is 37.6 Å². The molecule has 0 bridgehead atoms. The number of aromatic nitrogens is 2. The lowest BCUT2D eigenvalue weighted by atomic mass is 10.2. The van der Waals surface area contributed by atoms with Gasteiger partial charge in [0.15, 0.2) is 6.67 Å².